The van der Waals surface area contributed by atoms with Crippen LogP contribution in [0.4, 0.5) is 0 Å². The molecule has 1 aliphatic carbocycles. The van der Waals surface area contributed by atoms with Gasteiger partial charge in [-0.3, -0.25) is 4.99 Å². The van der Waals surface area contributed by atoms with Gasteiger partial charge in [-0.15, -0.1) is 0 Å². The summed E-state index contributed by atoms with van der Waals surface area (Å²) in [6.45, 7) is 9.95. The van der Waals surface area contributed by atoms with Gasteiger partial charge in [-0.2, -0.15) is 0 Å². The normalized spacial score (nSPS) is 32.5. The van der Waals surface area contributed by atoms with E-state index in [1.54, 1.807) is 0 Å². The maximum absolute atomic E-state index is 4.59. The van der Waals surface area contributed by atoms with E-state index in [0.29, 0.717) is 5.41 Å². The van der Waals surface area contributed by atoms with Crippen LogP contribution >= 0.6 is 0 Å². The molecule has 98 valence electrons. The second kappa shape index (κ2) is 5.28. The number of guanidine groups is 1. The molecule has 1 aliphatic heterocycles. The van der Waals surface area contributed by atoms with Gasteiger partial charge in [-0.25, -0.2) is 0 Å². The minimum Gasteiger partial charge on any atom is -0.356 e. The molecule has 0 radical (unpaired) electrons. The van der Waals surface area contributed by atoms with E-state index in [0.717, 1.165) is 37.4 Å². The van der Waals surface area contributed by atoms with Crippen molar-refractivity contribution in [2.45, 2.75) is 46.5 Å². The first-order chi connectivity index (χ1) is 8.07. The fraction of sp³-hybridized carbons (Fsp3) is 0.929. The third-order valence-corrected chi connectivity index (χ3v) is 4.22. The summed E-state index contributed by atoms with van der Waals surface area (Å²) in [7, 11) is 0. The van der Waals surface area contributed by atoms with Crippen molar-refractivity contribution in [2.24, 2.45) is 22.2 Å². The van der Waals surface area contributed by atoms with Crippen LogP contribution in [-0.2, 0) is 0 Å². The largest absolute Gasteiger partial charge is 0.356 e. The van der Waals surface area contributed by atoms with Gasteiger partial charge in [0.1, 0.15) is 0 Å². The number of nitrogens with zero attached hydrogens (tertiary/aromatic N) is 1. The number of aliphatic imine (C=N–C) groups is 1. The zero-order valence-electron chi connectivity index (χ0n) is 11.6. The third kappa shape index (κ3) is 3.62. The molecule has 0 saturated heterocycles. The van der Waals surface area contributed by atoms with Crippen molar-refractivity contribution in [3.05, 3.63) is 0 Å². The number of nitrogens with one attached hydrogen (secondary N) is 2. The highest BCUT2D eigenvalue weighted by atomic mass is 15.2. The average molecular weight is 237 g/mol. The third-order valence-electron chi connectivity index (χ3n) is 4.22. The Morgan fingerprint density at radius 1 is 1.35 bits per heavy atom. The standard InChI is InChI=1S/C14H27N3/c1-11-6-4-5-7-12(11)8-15-13-16-9-14(2,3)10-17-13/h11-12H,4-10H2,1-3H3,(H2,15,16,17). The van der Waals surface area contributed by atoms with Crippen LogP contribution in [0.25, 0.3) is 0 Å². The van der Waals surface area contributed by atoms with E-state index in [4.69, 9.17) is 0 Å². The lowest BCUT2D eigenvalue weighted by atomic mass is 9.80. The number of hydrogen-bond donors (Lipinski definition) is 2. The first-order valence-electron chi connectivity index (χ1n) is 7.09. The molecule has 3 nitrogen and oxygen atoms in total. The molecule has 0 aromatic heterocycles. The lowest BCUT2D eigenvalue weighted by Gasteiger charge is -2.32. The van der Waals surface area contributed by atoms with Crippen LogP contribution in [-0.4, -0.2) is 25.6 Å². The molecule has 1 heterocycles. The van der Waals surface area contributed by atoms with Crippen LogP contribution in [0.5, 0.6) is 0 Å². The van der Waals surface area contributed by atoms with E-state index < -0.39 is 0 Å². The van der Waals surface area contributed by atoms with Gasteiger partial charge >= 0.3 is 0 Å². The molecule has 0 amide bonds. The molecule has 17 heavy (non-hydrogen) atoms. The van der Waals surface area contributed by atoms with Crippen LogP contribution < -0.4 is 10.6 Å². The van der Waals surface area contributed by atoms with Crippen LogP contribution in [0.1, 0.15) is 46.5 Å². The second-order valence-electron chi connectivity index (χ2n) is 6.59. The average Bonchev–Trinajstić information content (AvgIpc) is 2.30. The molecule has 3 heteroatoms. The Bertz CT molecular complexity index is 283. The Hall–Kier alpha value is -0.730. The molecule has 2 atom stereocenters. The predicted molar refractivity (Wildman–Crippen MR) is 73.2 cm³/mol. The van der Waals surface area contributed by atoms with Crippen molar-refractivity contribution in [3.63, 3.8) is 0 Å². The van der Waals surface area contributed by atoms with Gasteiger partial charge in [0.15, 0.2) is 5.96 Å². The predicted octanol–water partition coefficient (Wildman–Crippen LogP) is 2.39. The molecule has 1 fully saturated rings. The van der Waals surface area contributed by atoms with Gasteiger partial charge in [0, 0.05) is 25.0 Å². The number of hydrogen-bond acceptors (Lipinski definition) is 3. The van der Waals surface area contributed by atoms with Crippen molar-refractivity contribution in [3.8, 4) is 0 Å². The minimum absolute atomic E-state index is 0.309. The van der Waals surface area contributed by atoms with Crippen molar-refractivity contribution in [1.29, 1.82) is 0 Å². The van der Waals surface area contributed by atoms with Crippen molar-refractivity contribution < 1.29 is 0 Å². The molecule has 2 rings (SSSR count). The molecule has 0 aromatic rings. The van der Waals surface area contributed by atoms with Crippen molar-refractivity contribution >= 4 is 5.96 Å². The molecule has 2 unspecified atom stereocenters. The molecule has 2 N–H and O–H groups in total. The minimum atomic E-state index is 0.309. The Labute approximate surface area is 105 Å². The Morgan fingerprint density at radius 3 is 2.76 bits per heavy atom. The first kappa shape index (κ1) is 12.7. The second-order valence-corrected chi connectivity index (χ2v) is 6.59. The summed E-state index contributed by atoms with van der Waals surface area (Å²) in [5, 5.41) is 6.90. The topological polar surface area (TPSA) is 36.4 Å². The smallest absolute Gasteiger partial charge is 0.191 e. The van der Waals surface area contributed by atoms with E-state index in [2.05, 4.69) is 36.4 Å². The summed E-state index contributed by atoms with van der Waals surface area (Å²) in [5.41, 5.74) is 0.309. The highest BCUT2D eigenvalue weighted by molar-refractivity contribution is 5.80. The van der Waals surface area contributed by atoms with Crippen LogP contribution in [0.3, 0.4) is 0 Å². The summed E-state index contributed by atoms with van der Waals surface area (Å²) >= 11 is 0. The lowest BCUT2D eigenvalue weighted by molar-refractivity contribution is 0.255. The van der Waals surface area contributed by atoms with E-state index in [1.165, 1.54) is 25.7 Å². The Morgan fingerprint density at radius 2 is 2.12 bits per heavy atom. The van der Waals surface area contributed by atoms with Crippen molar-refractivity contribution in [1.82, 2.24) is 10.6 Å². The van der Waals surface area contributed by atoms with E-state index in [1.807, 2.05) is 0 Å². The van der Waals surface area contributed by atoms with E-state index in [9.17, 15) is 0 Å². The summed E-state index contributed by atoms with van der Waals surface area (Å²) in [6, 6.07) is 0. The summed E-state index contributed by atoms with van der Waals surface area (Å²) < 4.78 is 0. The van der Waals surface area contributed by atoms with Crippen LogP contribution in [0.2, 0.25) is 0 Å². The van der Waals surface area contributed by atoms with Crippen LogP contribution in [0.15, 0.2) is 4.99 Å². The fourth-order valence-electron chi connectivity index (χ4n) is 2.77. The lowest BCUT2D eigenvalue weighted by Crippen LogP contribution is -2.48. The molecular formula is C14H27N3. The molecule has 2 aliphatic rings. The van der Waals surface area contributed by atoms with Gasteiger partial charge in [-0.05, 0) is 18.3 Å². The zero-order valence-corrected chi connectivity index (χ0v) is 11.6. The van der Waals surface area contributed by atoms with Gasteiger partial charge in [0.2, 0.25) is 0 Å². The van der Waals surface area contributed by atoms with E-state index in [-0.39, 0.29) is 0 Å². The van der Waals surface area contributed by atoms with E-state index >= 15 is 0 Å². The van der Waals surface area contributed by atoms with Crippen LogP contribution in [0, 0.1) is 17.3 Å². The highest BCUT2D eigenvalue weighted by Crippen LogP contribution is 2.28. The summed E-state index contributed by atoms with van der Waals surface area (Å²) in [5.74, 6) is 2.72. The quantitative estimate of drug-likeness (QED) is 0.773. The zero-order chi connectivity index (χ0) is 12.3. The Kier molecular flexibility index (Phi) is 3.95. The maximum atomic E-state index is 4.59. The molecule has 0 spiro atoms. The highest BCUT2D eigenvalue weighted by Gasteiger charge is 2.24. The van der Waals surface area contributed by atoms with Gasteiger partial charge < -0.3 is 10.6 Å². The Balaban J connectivity index is 1.77. The SMILES string of the molecule is CC1CCCCC1CNC1=NCC(C)(C)CN1. The molecule has 1 saturated carbocycles. The fourth-order valence-corrected chi connectivity index (χ4v) is 2.77. The van der Waals surface area contributed by atoms with Gasteiger partial charge in [0.05, 0.1) is 0 Å². The van der Waals surface area contributed by atoms with Gasteiger partial charge in [-0.1, -0.05) is 40.0 Å². The summed E-state index contributed by atoms with van der Waals surface area (Å²) in [6.07, 6.45) is 5.61. The number of rotatable bonds is 2. The van der Waals surface area contributed by atoms with Gasteiger partial charge in [0.25, 0.3) is 0 Å². The molecule has 0 bridgehead atoms. The molecule has 0 aromatic carbocycles. The monoisotopic (exact) mass is 237 g/mol. The molecular weight excluding hydrogens is 210 g/mol. The van der Waals surface area contributed by atoms with Crippen molar-refractivity contribution in [2.75, 3.05) is 19.6 Å². The summed E-state index contributed by atoms with van der Waals surface area (Å²) in [4.78, 5) is 4.59. The first-order valence-corrected chi connectivity index (χ1v) is 7.09. The maximum Gasteiger partial charge on any atom is 0.191 e.